The molecular weight excluding hydrogens is 493 g/mol. The third-order valence-corrected chi connectivity index (χ3v) is 5.81. The fourth-order valence-electron chi connectivity index (χ4n) is 2.83. The fraction of sp³-hybridized carbons (Fsp3) is 0.211. The highest BCUT2D eigenvalue weighted by molar-refractivity contribution is 14.1. The van der Waals surface area contributed by atoms with Crippen molar-refractivity contribution < 1.29 is 13.9 Å². The van der Waals surface area contributed by atoms with Crippen LogP contribution in [0.2, 0.25) is 0 Å². The molecule has 3 aromatic rings. The Morgan fingerprint density at radius 3 is 2.79 bits per heavy atom. The first-order valence-corrected chi connectivity index (χ1v) is 10.5. The summed E-state index contributed by atoms with van der Waals surface area (Å²) in [4.78, 5) is 31.7. The van der Waals surface area contributed by atoms with Crippen LogP contribution in [0.3, 0.4) is 0 Å². The second-order valence-electron chi connectivity index (χ2n) is 6.02. The Morgan fingerprint density at radius 2 is 2.11 bits per heavy atom. The lowest BCUT2D eigenvalue weighted by Crippen LogP contribution is -2.42. The molecule has 0 radical (unpaired) electrons. The summed E-state index contributed by atoms with van der Waals surface area (Å²) in [6.07, 6.45) is 1.74. The molecule has 0 amide bonds. The number of furan rings is 1. The number of fused-ring (bicyclic) bond motifs is 1. The summed E-state index contributed by atoms with van der Waals surface area (Å²) >= 11 is 3.44. The van der Waals surface area contributed by atoms with Gasteiger partial charge in [0.2, 0.25) is 0 Å². The highest BCUT2D eigenvalue weighted by atomic mass is 127. The number of carbonyl (C=O) groups is 1. The van der Waals surface area contributed by atoms with E-state index in [4.69, 9.17) is 9.15 Å². The summed E-state index contributed by atoms with van der Waals surface area (Å²) < 4.78 is 13.5. The molecule has 0 saturated carbocycles. The van der Waals surface area contributed by atoms with Gasteiger partial charge in [0, 0.05) is 11.8 Å². The van der Waals surface area contributed by atoms with E-state index in [0.717, 1.165) is 9.45 Å². The molecule has 0 saturated heterocycles. The number of benzene rings is 1. The molecule has 0 atom stereocenters. The van der Waals surface area contributed by atoms with Crippen molar-refractivity contribution in [3.8, 4) is 0 Å². The number of hydrogen-bond donors (Lipinski definition) is 0. The Kier molecular flexibility index (Phi) is 5.36. The first-order chi connectivity index (χ1) is 13.5. The number of rotatable bonds is 4. The summed E-state index contributed by atoms with van der Waals surface area (Å²) in [6, 6.07) is 10.8. The van der Waals surface area contributed by atoms with Crippen LogP contribution in [-0.2, 0) is 11.4 Å². The smallest absolute Gasteiger partial charge is 0.338 e. The van der Waals surface area contributed by atoms with Crippen LogP contribution in [0.15, 0.2) is 50.6 Å². The van der Waals surface area contributed by atoms with Gasteiger partial charge < -0.3 is 14.1 Å². The molecule has 1 aromatic carbocycles. The van der Waals surface area contributed by atoms with Gasteiger partial charge in [-0.15, -0.1) is 0 Å². The lowest BCUT2D eigenvalue weighted by molar-refractivity contribution is 0.0526. The summed E-state index contributed by atoms with van der Waals surface area (Å²) in [7, 11) is 0. The van der Waals surface area contributed by atoms with Crippen molar-refractivity contribution in [2.45, 2.75) is 13.6 Å². The van der Waals surface area contributed by atoms with Crippen molar-refractivity contribution in [3.05, 3.63) is 71.2 Å². The minimum atomic E-state index is -0.346. The Balaban J connectivity index is 1.59. The average Bonchev–Trinajstić information content (AvgIpc) is 3.25. The summed E-state index contributed by atoms with van der Waals surface area (Å²) in [6.45, 7) is 2.95. The van der Waals surface area contributed by atoms with Gasteiger partial charge in [-0.1, -0.05) is 11.3 Å². The van der Waals surface area contributed by atoms with Crippen LogP contribution in [0.4, 0.5) is 5.69 Å². The van der Waals surface area contributed by atoms with E-state index in [0.29, 0.717) is 40.6 Å². The van der Waals surface area contributed by atoms with E-state index in [9.17, 15) is 9.59 Å². The fourth-order valence-corrected chi connectivity index (χ4v) is 4.21. The Morgan fingerprint density at radius 1 is 1.32 bits per heavy atom. The van der Waals surface area contributed by atoms with E-state index >= 15 is 0 Å². The molecule has 0 unspecified atom stereocenters. The molecule has 1 aliphatic rings. The van der Waals surface area contributed by atoms with Gasteiger partial charge in [0.25, 0.3) is 5.56 Å². The first kappa shape index (κ1) is 18.9. The molecular formula is C19H16IN3O4S. The van der Waals surface area contributed by atoms with Crippen molar-refractivity contribution in [2.75, 3.05) is 18.2 Å². The van der Waals surface area contributed by atoms with Crippen LogP contribution in [0.25, 0.3) is 6.08 Å². The number of carbonyl (C=O) groups excluding carboxylic acids is 1. The van der Waals surface area contributed by atoms with Crippen molar-refractivity contribution >= 4 is 51.7 Å². The van der Waals surface area contributed by atoms with E-state index in [-0.39, 0.29) is 11.5 Å². The maximum Gasteiger partial charge on any atom is 0.338 e. The van der Waals surface area contributed by atoms with Crippen molar-refractivity contribution in [2.24, 2.45) is 4.99 Å². The quantitative estimate of drug-likeness (QED) is 0.398. The van der Waals surface area contributed by atoms with E-state index in [2.05, 4.69) is 27.6 Å². The van der Waals surface area contributed by atoms with Crippen LogP contribution < -0.4 is 19.8 Å². The second kappa shape index (κ2) is 7.92. The molecule has 0 bridgehead atoms. The zero-order valence-corrected chi connectivity index (χ0v) is 17.9. The highest BCUT2D eigenvalue weighted by Gasteiger charge is 2.17. The van der Waals surface area contributed by atoms with Crippen LogP contribution in [0, 0.1) is 3.77 Å². The van der Waals surface area contributed by atoms with Crippen LogP contribution in [0.1, 0.15) is 23.0 Å². The largest absolute Gasteiger partial charge is 0.462 e. The topological polar surface area (TPSA) is 77.0 Å². The lowest BCUT2D eigenvalue weighted by Gasteiger charge is -2.25. The summed E-state index contributed by atoms with van der Waals surface area (Å²) in [5, 5.41) is 0. The number of ether oxygens (including phenoxy) is 1. The number of halogens is 1. The molecule has 0 aliphatic carbocycles. The van der Waals surface area contributed by atoms with E-state index in [1.54, 1.807) is 29.7 Å². The zero-order chi connectivity index (χ0) is 19.7. The molecule has 0 N–H and O–H groups in total. The van der Waals surface area contributed by atoms with Gasteiger partial charge in [0.1, 0.15) is 19.1 Å². The normalized spacial score (nSPS) is 13.9. The SMILES string of the molecule is CCOC(=O)c1ccc(N2CN=c3s/c(=C\c4ccc(I)o4)c(=O)n3C2)cc1. The minimum Gasteiger partial charge on any atom is -0.462 e. The number of nitrogens with zero attached hydrogens (tertiary/aromatic N) is 3. The molecule has 3 heterocycles. The Bertz CT molecular complexity index is 1190. The van der Waals surface area contributed by atoms with Crippen molar-refractivity contribution in [3.63, 3.8) is 0 Å². The number of thiazole rings is 1. The second-order valence-corrected chi connectivity index (χ2v) is 8.09. The maximum atomic E-state index is 12.8. The third kappa shape index (κ3) is 3.76. The van der Waals surface area contributed by atoms with Gasteiger partial charge in [-0.05, 0) is 65.9 Å². The lowest BCUT2D eigenvalue weighted by atomic mass is 10.2. The Labute approximate surface area is 177 Å². The molecule has 9 heteroatoms. The average molecular weight is 509 g/mol. The predicted octanol–water partition coefficient (Wildman–Crippen LogP) is 2.17. The molecule has 1 aliphatic heterocycles. The van der Waals surface area contributed by atoms with E-state index < -0.39 is 0 Å². The van der Waals surface area contributed by atoms with Gasteiger partial charge >= 0.3 is 5.97 Å². The highest BCUT2D eigenvalue weighted by Crippen LogP contribution is 2.17. The zero-order valence-electron chi connectivity index (χ0n) is 14.9. The molecule has 28 heavy (non-hydrogen) atoms. The van der Waals surface area contributed by atoms with Crippen LogP contribution in [-0.4, -0.2) is 23.8 Å². The standard InChI is InChI=1S/C19H16IN3O4S/c1-2-26-18(25)12-3-5-13(6-4-12)22-10-21-19-23(11-22)17(24)15(28-19)9-14-7-8-16(20)27-14/h3-9H,2,10-11H2,1H3/b15-9-. The number of aromatic nitrogens is 1. The maximum absolute atomic E-state index is 12.8. The predicted molar refractivity (Wildman–Crippen MR) is 114 cm³/mol. The van der Waals surface area contributed by atoms with Crippen molar-refractivity contribution in [1.29, 1.82) is 0 Å². The van der Waals surface area contributed by atoms with E-state index in [1.807, 2.05) is 29.2 Å². The van der Waals surface area contributed by atoms with Crippen molar-refractivity contribution in [1.82, 2.24) is 4.57 Å². The van der Waals surface area contributed by atoms with Gasteiger partial charge in [-0.25, -0.2) is 9.79 Å². The number of anilines is 1. The van der Waals surface area contributed by atoms with E-state index in [1.165, 1.54) is 11.3 Å². The molecule has 4 rings (SSSR count). The van der Waals surface area contributed by atoms with Gasteiger partial charge in [0.15, 0.2) is 8.57 Å². The summed E-state index contributed by atoms with van der Waals surface area (Å²) in [5.74, 6) is 0.300. The molecule has 0 fully saturated rings. The van der Waals surface area contributed by atoms with Gasteiger partial charge in [0.05, 0.1) is 16.7 Å². The molecule has 2 aromatic heterocycles. The third-order valence-electron chi connectivity index (χ3n) is 4.19. The van der Waals surface area contributed by atoms with Gasteiger partial charge in [-0.2, -0.15) is 0 Å². The van der Waals surface area contributed by atoms with Gasteiger partial charge in [-0.3, -0.25) is 9.36 Å². The van der Waals surface area contributed by atoms with Crippen LogP contribution >= 0.6 is 33.9 Å². The monoisotopic (exact) mass is 509 g/mol. The Hall–Kier alpha value is -2.40. The first-order valence-electron chi connectivity index (χ1n) is 8.58. The molecule has 0 spiro atoms. The number of hydrogen-bond acceptors (Lipinski definition) is 7. The minimum absolute atomic E-state index is 0.0944. The van der Waals surface area contributed by atoms with Crippen LogP contribution in [0.5, 0.6) is 0 Å². The summed E-state index contributed by atoms with van der Waals surface area (Å²) in [5.41, 5.74) is 1.28. The molecule has 7 nitrogen and oxygen atoms in total. The number of esters is 1. The molecule has 144 valence electrons.